The molecule has 2 unspecified atom stereocenters. The number of aliphatic hydroxyl groups excluding tert-OH is 1. The van der Waals surface area contributed by atoms with Crippen LogP contribution in [0.15, 0.2) is 90.5 Å². The molecule has 1 amide bonds. The first-order valence-electron chi connectivity index (χ1n) is 13.1. The molecule has 40 heavy (non-hydrogen) atoms. The highest BCUT2D eigenvalue weighted by atomic mass is 35.5. The number of benzene rings is 3. The smallest absolute Gasteiger partial charge is 0.326 e. The van der Waals surface area contributed by atoms with Crippen LogP contribution in [-0.4, -0.2) is 53.0 Å². The molecule has 0 fully saturated rings. The summed E-state index contributed by atoms with van der Waals surface area (Å²) >= 11 is 12.4. The van der Waals surface area contributed by atoms with E-state index in [4.69, 9.17) is 27.9 Å². The predicted molar refractivity (Wildman–Crippen MR) is 155 cm³/mol. The Balaban J connectivity index is 1.41. The Morgan fingerprint density at radius 1 is 0.975 bits per heavy atom. The average Bonchev–Trinajstić information content (AvgIpc) is 2.95. The van der Waals surface area contributed by atoms with Gasteiger partial charge in [0.05, 0.1) is 26.0 Å². The van der Waals surface area contributed by atoms with Crippen molar-refractivity contribution in [3.8, 4) is 0 Å². The number of amides is 1. The Morgan fingerprint density at radius 2 is 1.73 bits per heavy atom. The zero-order valence-electron chi connectivity index (χ0n) is 21.9. The number of carboxylic acid groups (broad SMARTS) is 1. The van der Waals surface area contributed by atoms with Crippen molar-refractivity contribution in [2.45, 2.75) is 37.4 Å². The van der Waals surface area contributed by atoms with E-state index in [9.17, 15) is 19.8 Å². The van der Waals surface area contributed by atoms with Crippen molar-refractivity contribution in [1.29, 1.82) is 0 Å². The Bertz CT molecular complexity index is 1320. The zero-order valence-corrected chi connectivity index (χ0v) is 23.4. The minimum absolute atomic E-state index is 0.0186. The molecule has 0 aliphatic carbocycles. The largest absolute Gasteiger partial charge is 0.480 e. The quantitative estimate of drug-likeness (QED) is 0.190. The van der Waals surface area contributed by atoms with Crippen LogP contribution < -0.4 is 5.32 Å². The van der Waals surface area contributed by atoms with E-state index in [1.165, 1.54) is 0 Å². The number of carbonyl (C=O) groups excluding carboxylic acids is 1. The molecule has 0 bridgehead atoms. The van der Waals surface area contributed by atoms with Gasteiger partial charge in [0.25, 0.3) is 0 Å². The van der Waals surface area contributed by atoms with Crippen molar-refractivity contribution < 1.29 is 24.5 Å². The number of halogens is 2. The lowest BCUT2D eigenvalue weighted by atomic mass is 9.87. The van der Waals surface area contributed by atoms with E-state index in [1.807, 2.05) is 77.7 Å². The lowest BCUT2D eigenvalue weighted by molar-refractivity contribution is -0.141. The fourth-order valence-electron chi connectivity index (χ4n) is 4.99. The van der Waals surface area contributed by atoms with E-state index in [-0.39, 0.29) is 44.9 Å². The first-order chi connectivity index (χ1) is 19.4. The normalized spacial score (nSPS) is 18.1. The monoisotopic (exact) mass is 582 g/mol. The van der Waals surface area contributed by atoms with Crippen LogP contribution in [0, 0.1) is 0 Å². The van der Waals surface area contributed by atoms with Gasteiger partial charge in [-0.15, -0.1) is 0 Å². The van der Waals surface area contributed by atoms with Crippen LogP contribution in [0.25, 0.3) is 0 Å². The van der Waals surface area contributed by atoms with Gasteiger partial charge in [-0.05, 0) is 52.9 Å². The highest BCUT2D eigenvalue weighted by Gasteiger charge is 2.34. The van der Waals surface area contributed by atoms with Crippen LogP contribution in [0.4, 0.5) is 0 Å². The number of carbonyl (C=O) groups is 2. The number of ether oxygens (including phenoxy) is 1. The van der Waals surface area contributed by atoms with Gasteiger partial charge in [0.1, 0.15) is 6.04 Å². The molecule has 0 spiro atoms. The van der Waals surface area contributed by atoms with E-state index in [0.717, 1.165) is 22.3 Å². The standard InChI is InChI=1S/C31H32Cl2N2O5/c32-25-12-9-22(10-13-25)28-14-11-24(30(35(28)20-36)23-7-4-8-26(33)18-23)19-40-16-15-29(37)34-27(31(38)39)17-21-5-2-1-3-6-21/h1-13,18,27-28,30,36H,14-17,19-20H2,(H,34,37)(H,38,39)/t27-,28?,30?/m0/s1. The van der Waals surface area contributed by atoms with Gasteiger partial charge in [-0.25, -0.2) is 4.79 Å². The molecule has 0 saturated heterocycles. The lowest BCUT2D eigenvalue weighted by Crippen LogP contribution is -2.42. The van der Waals surface area contributed by atoms with Gasteiger partial charge in [-0.2, -0.15) is 0 Å². The van der Waals surface area contributed by atoms with E-state index >= 15 is 0 Å². The summed E-state index contributed by atoms with van der Waals surface area (Å²) in [4.78, 5) is 26.2. The average molecular weight is 584 g/mol. The number of nitrogens with one attached hydrogen (secondary N) is 1. The number of rotatable bonds is 12. The third-order valence-corrected chi connectivity index (χ3v) is 7.41. The highest BCUT2D eigenvalue weighted by Crippen LogP contribution is 2.42. The molecule has 3 N–H and O–H groups in total. The number of aliphatic carboxylic acids is 1. The highest BCUT2D eigenvalue weighted by molar-refractivity contribution is 6.30. The molecule has 3 atom stereocenters. The second-order valence-electron chi connectivity index (χ2n) is 9.65. The minimum Gasteiger partial charge on any atom is -0.480 e. The summed E-state index contributed by atoms with van der Waals surface area (Å²) in [6.45, 7) is 0.158. The number of carboxylic acids is 1. The SMILES string of the molecule is O=C(CCOCC1=CCC(c2ccc(Cl)cc2)N(CO)C1c1cccc(Cl)c1)N[C@@H](Cc1ccccc1)C(=O)O. The minimum atomic E-state index is -1.09. The van der Waals surface area contributed by atoms with Gasteiger partial charge >= 0.3 is 5.97 Å². The van der Waals surface area contributed by atoms with Crippen LogP contribution >= 0.6 is 23.2 Å². The second-order valence-corrected chi connectivity index (χ2v) is 10.5. The van der Waals surface area contributed by atoms with E-state index in [1.54, 1.807) is 6.07 Å². The Kier molecular flexibility index (Phi) is 10.7. The molecule has 0 radical (unpaired) electrons. The first kappa shape index (κ1) is 29.8. The molecule has 210 valence electrons. The number of aliphatic hydroxyl groups is 1. The van der Waals surface area contributed by atoms with Crippen LogP contribution in [0.3, 0.4) is 0 Å². The van der Waals surface area contributed by atoms with Gasteiger partial charge in [-0.3, -0.25) is 9.69 Å². The molecule has 1 heterocycles. The Morgan fingerprint density at radius 3 is 2.40 bits per heavy atom. The summed E-state index contributed by atoms with van der Waals surface area (Å²) < 4.78 is 5.90. The van der Waals surface area contributed by atoms with Crippen molar-refractivity contribution in [2.75, 3.05) is 19.9 Å². The summed E-state index contributed by atoms with van der Waals surface area (Å²) in [7, 11) is 0. The molecular formula is C31H32Cl2N2O5. The summed E-state index contributed by atoms with van der Waals surface area (Å²) in [6.07, 6.45) is 2.98. The van der Waals surface area contributed by atoms with E-state index in [2.05, 4.69) is 11.4 Å². The molecule has 3 aromatic carbocycles. The molecular weight excluding hydrogens is 551 g/mol. The third-order valence-electron chi connectivity index (χ3n) is 6.93. The van der Waals surface area contributed by atoms with Crippen molar-refractivity contribution in [3.63, 3.8) is 0 Å². The first-order valence-corrected chi connectivity index (χ1v) is 13.8. The van der Waals surface area contributed by atoms with Gasteiger partial charge in [0, 0.05) is 28.9 Å². The number of hydrogen-bond acceptors (Lipinski definition) is 5. The van der Waals surface area contributed by atoms with E-state index < -0.39 is 17.9 Å². The van der Waals surface area contributed by atoms with Gasteiger partial charge in [0.2, 0.25) is 5.91 Å². The molecule has 3 aromatic rings. The van der Waals surface area contributed by atoms with Crippen molar-refractivity contribution in [2.24, 2.45) is 0 Å². The maximum atomic E-state index is 12.5. The Labute approximate surface area is 244 Å². The van der Waals surface area contributed by atoms with Crippen LogP contribution in [-0.2, 0) is 20.7 Å². The van der Waals surface area contributed by atoms with Crippen molar-refractivity contribution in [1.82, 2.24) is 10.2 Å². The second kappa shape index (κ2) is 14.4. The fourth-order valence-corrected chi connectivity index (χ4v) is 5.31. The molecule has 1 aliphatic rings. The van der Waals surface area contributed by atoms with Crippen LogP contribution in [0.2, 0.25) is 10.0 Å². The molecule has 9 heteroatoms. The maximum Gasteiger partial charge on any atom is 0.326 e. The van der Waals surface area contributed by atoms with Gasteiger partial charge in [0.15, 0.2) is 0 Å². The van der Waals surface area contributed by atoms with Gasteiger partial charge in [-0.1, -0.05) is 83.9 Å². The fraction of sp³-hybridized carbons (Fsp3) is 0.290. The van der Waals surface area contributed by atoms with Crippen molar-refractivity contribution in [3.05, 3.63) is 117 Å². The third kappa shape index (κ3) is 7.93. The summed E-state index contributed by atoms with van der Waals surface area (Å²) in [5, 5.41) is 23.8. The van der Waals surface area contributed by atoms with Crippen LogP contribution in [0.5, 0.6) is 0 Å². The zero-order chi connectivity index (χ0) is 28.5. The number of hydrogen-bond donors (Lipinski definition) is 3. The van der Waals surface area contributed by atoms with Crippen molar-refractivity contribution >= 4 is 35.1 Å². The van der Waals surface area contributed by atoms with Crippen LogP contribution in [0.1, 0.15) is 41.6 Å². The summed E-state index contributed by atoms with van der Waals surface area (Å²) in [6, 6.07) is 22.9. The van der Waals surface area contributed by atoms with E-state index in [0.29, 0.717) is 16.5 Å². The maximum absolute atomic E-state index is 12.5. The lowest BCUT2D eigenvalue weighted by Gasteiger charge is -2.41. The number of nitrogens with zero attached hydrogens (tertiary/aromatic N) is 1. The molecule has 0 saturated carbocycles. The topological polar surface area (TPSA) is 99.1 Å². The molecule has 4 rings (SSSR count). The summed E-state index contributed by atoms with van der Waals surface area (Å²) in [5.74, 6) is -1.48. The van der Waals surface area contributed by atoms with Gasteiger partial charge < -0.3 is 20.3 Å². The molecule has 7 nitrogen and oxygen atoms in total. The Hall–Kier alpha value is -3.20. The summed E-state index contributed by atoms with van der Waals surface area (Å²) in [5.41, 5.74) is 3.71. The predicted octanol–water partition coefficient (Wildman–Crippen LogP) is 5.58. The molecule has 1 aliphatic heterocycles. The molecule has 0 aromatic heterocycles.